The summed E-state index contributed by atoms with van der Waals surface area (Å²) in [6, 6.07) is 3.68. The monoisotopic (exact) mass is 571 g/mol. The Balaban J connectivity index is 1.15. The Labute approximate surface area is 234 Å². The molecule has 0 saturated carbocycles. The number of carbonyl (C=O) groups excluding carboxylic acids is 1. The van der Waals surface area contributed by atoms with Gasteiger partial charge in [-0.05, 0) is 31.9 Å². The van der Waals surface area contributed by atoms with Gasteiger partial charge in [0, 0.05) is 42.5 Å². The Hall–Kier alpha value is -2.93. The molecule has 1 amide bonds. The quantitative estimate of drug-likeness (QED) is 0.471. The van der Waals surface area contributed by atoms with Crippen LogP contribution in [0.15, 0.2) is 45.6 Å². The van der Waals surface area contributed by atoms with Crippen molar-refractivity contribution < 1.29 is 14.3 Å². The number of amides is 1. The normalized spacial score (nSPS) is 22.7. The number of piperidine rings is 1. The van der Waals surface area contributed by atoms with Gasteiger partial charge in [-0.25, -0.2) is 19.7 Å². The highest BCUT2D eigenvalue weighted by molar-refractivity contribution is 7.99. The molecule has 0 radical (unpaired) electrons. The third-order valence-corrected chi connectivity index (χ3v) is 9.59. The van der Waals surface area contributed by atoms with Gasteiger partial charge < -0.3 is 25.0 Å². The molecule has 11 nitrogen and oxygen atoms in total. The maximum atomic E-state index is 13.2. The first-order valence-corrected chi connectivity index (χ1v) is 14.3. The van der Waals surface area contributed by atoms with Crippen molar-refractivity contribution >= 4 is 46.2 Å². The van der Waals surface area contributed by atoms with Crippen molar-refractivity contribution in [3.05, 3.63) is 46.2 Å². The lowest BCUT2D eigenvalue weighted by Gasteiger charge is -2.41. The molecule has 2 N–H and O–H groups in total. The van der Waals surface area contributed by atoms with Gasteiger partial charge in [0.1, 0.15) is 17.5 Å². The number of hydrogen-bond acceptors (Lipinski definition) is 10. The van der Waals surface area contributed by atoms with E-state index < -0.39 is 0 Å². The van der Waals surface area contributed by atoms with E-state index in [1.54, 1.807) is 23.4 Å². The number of carbonyl (C=O) groups is 1. The van der Waals surface area contributed by atoms with Crippen molar-refractivity contribution in [3.63, 3.8) is 0 Å². The van der Waals surface area contributed by atoms with Crippen LogP contribution in [0.3, 0.4) is 0 Å². The Kier molecular flexibility index (Phi) is 7.13. The fourth-order valence-corrected chi connectivity index (χ4v) is 6.69. The SMILES string of the molecule is C[C@@H]1OCC2(CCN(c3cnc(Sc4ccc5ncn(CCN6CCOC6=O)c(=O)c5c4Cl)cn3)CC2)[C@@H]1N. The van der Waals surface area contributed by atoms with Crippen LogP contribution in [0, 0.1) is 5.41 Å². The summed E-state index contributed by atoms with van der Waals surface area (Å²) in [6.45, 7) is 6.03. The third-order valence-electron chi connectivity index (χ3n) is 8.11. The first kappa shape index (κ1) is 26.3. The first-order valence-electron chi connectivity index (χ1n) is 13.1. The summed E-state index contributed by atoms with van der Waals surface area (Å²) in [7, 11) is 0. The molecule has 6 rings (SSSR count). The largest absolute Gasteiger partial charge is 0.448 e. The van der Waals surface area contributed by atoms with E-state index >= 15 is 0 Å². The minimum absolute atomic E-state index is 0.0550. The minimum atomic E-state index is -0.368. The van der Waals surface area contributed by atoms with Crippen molar-refractivity contribution in [3.8, 4) is 0 Å². The fraction of sp³-hybridized carbons (Fsp3) is 0.500. The number of cyclic esters (lactones) is 1. The number of rotatable bonds is 6. The number of benzene rings is 1. The summed E-state index contributed by atoms with van der Waals surface area (Å²) in [4.78, 5) is 43.1. The Morgan fingerprint density at radius 3 is 2.62 bits per heavy atom. The molecule has 0 bridgehead atoms. The van der Waals surface area contributed by atoms with Gasteiger partial charge in [0.2, 0.25) is 0 Å². The smallest absolute Gasteiger partial charge is 0.410 e. The molecule has 13 heteroatoms. The maximum Gasteiger partial charge on any atom is 0.410 e. The zero-order valence-electron chi connectivity index (χ0n) is 21.6. The topological polar surface area (TPSA) is 129 Å². The Morgan fingerprint density at radius 2 is 1.95 bits per heavy atom. The van der Waals surface area contributed by atoms with E-state index in [-0.39, 0.29) is 29.2 Å². The second kappa shape index (κ2) is 10.6. The zero-order chi connectivity index (χ0) is 27.1. The van der Waals surface area contributed by atoms with Gasteiger partial charge in [0.25, 0.3) is 5.56 Å². The predicted molar refractivity (Wildman–Crippen MR) is 147 cm³/mol. The molecule has 3 aliphatic heterocycles. The van der Waals surface area contributed by atoms with Crippen LogP contribution < -0.4 is 16.2 Å². The number of ether oxygens (including phenoxy) is 2. The van der Waals surface area contributed by atoms with Crippen LogP contribution in [0.5, 0.6) is 0 Å². The summed E-state index contributed by atoms with van der Waals surface area (Å²) in [5.74, 6) is 0.827. The lowest BCUT2D eigenvalue weighted by Crippen LogP contribution is -2.50. The van der Waals surface area contributed by atoms with Gasteiger partial charge >= 0.3 is 6.09 Å². The van der Waals surface area contributed by atoms with Gasteiger partial charge in [-0.15, -0.1) is 0 Å². The van der Waals surface area contributed by atoms with Gasteiger partial charge in [-0.2, -0.15) is 0 Å². The number of halogens is 1. The summed E-state index contributed by atoms with van der Waals surface area (Å²) >= 11 is 8.06. The summed E-state index contributed by atoms with van der Waals surface area (Å²) < 4.78 is 12.3. The number of nitrogens with zero attached hydrogens (tertiary/aromatic N) is 6. The predicted octanol–water partition coefficient (Wildman–Crippen LogP) is 2.78. The van der Waals surface area contributed by atoms with E-state index in [0.29, 0.717) is 52.1 Å². The van der Waals surface area contributed by atoms with Crippen LogP contribution in [0.1, 0.15) is 19.8 Å². The van der Waals surface area contributed by atoms with Crippen LogP contribution >= 0.6 is 23.4 Å². The molecule has 206 valence electrons. The number of anilines is 1. The van der Waals surface area contributed by atoms with E-state index in [9.17, 15) is 9.59 Å². The number of hydrogen-bond donors (Lipinski definition) is 1. The number of nitrogens with two attached hydrogens (primary N) is 1. The van der Waals surface area contributed by atoms with Gasteiger partial charge in [-0.3, -0.25) is 9.36 Å². The number of fused-ring (bicyclic) bond motifs is 1. The molecule has 2 atom stereocenters. The molecule has 5 heterocycles. The fourth-order valence-electron chi connectivity index (χ4n) is 5.57. The van der Waals surface area contributed by atoms with Crippen LogP contribution in [0.2, 0.25) is 5.02 Å². The van der Waals surface area contributed by atoms with Gasteiger partial charge in [0.05, 0.1) is 53.9 Å². The maximum absolute atomic E-state index is 13.2. The highest BCUT2D eigenvalue weighted by Crippen LogP contribution is 2.42. The lowest BCUT2D eigenvalue weighted by molar-refractivity contribution is 0.0974. The van der Waals surface area contributed by atoms with Crippen LogP contribution in [-0.4, -0.2) is 82.1 Å². The van der Waals surface area contributed by atoms with E-state index in [2.05, 4.69) is 26.8 Å². The first-order chi connectivity index (χ1) is 18.8. The van der Waals surface area contributed by atoms with Crippen LogP contribution in [0.4, 0.5) is 10.6 Å². The molecule has 3 aromatic rings. The standard InChI is InChI=1S/C26H30ClN7O4S/c1-16-23(28)26(14-38-16)4-6-32(7-5-26)19-12-30-20(13-29-19)39-18-3-2-17-21(22(18)27)24(35)34(15-31-17)9-8-33-10-11-37-25(33)36/h2-3,12-13,15-16,23H,4-11,14,28H2,1H3/t16-,23+/m0/s1. The minimum Gasteiger partial charge on any atom is -0.448 e. The molecular formula is C26H30ClN7O4S. The van der Waals surface area contributed by atoms with Crippen molar-refractivity contribution in [1.82, 2.24) is 24.4 Å². The second-order valence-corrected chi connectivity index (χ2v) is 11.8. The second-order valence-electron chi connectivity index (χ2n) is 10.3. The molecule has 0 aliphatic carbocycles. The molecule has 39 heavy (non-hydrogen) atoms. The molecule has 3 aliphatic rings. The molecule has 1 aromatic carbocycles. The van der Waals surface area contributed by atoms with E-state index in [1.165, 1.54) is 22.7 Å². The van der Waals surface area contributed by atoms with Crippen molar-refractivity contribution in [2.75, 3.05) is 44.3 Å². The zero-order valence-corrected chi connectivity index (χ0v) is 23.2. The number of aromatic nitrogens is 4. The molecule has 3 saturated heterocycles. The summed E-state index contributed by atoms with van der Waals surface area (Å²) in [5.41, 5.74) is 6.75. The average molecular weight is 572 g/mol. The van der Waals surface area contributed by atoms with Crippen molar-refractivity contribution in [2.45, 2.75) is 48.4 Å². The lowest BCUT2D eigenvalue weighted by atomic mass is 9.73. The molecule has 1 spiro atoms. The summed E-state index contributed by atoms with van der Waals surface area (Å²) in [5, 5.41) is 1.33. The Morgan fingerprint density at radius 1 is 1.13 bits per heavy atom. The Bertz CT molecular complexity index is 1440. The third kappa shape index (κ3) is 4.94. The van der Waals surface area contributed by atoms with Crippen LogP contribution in [-0.2, 0) is 16.0 Å². The average Bonchev–Trinajstić information content (AvgIpc) is 3.48. The highest BCUT2D eigenvalue weighted by atomic mass is 35.5. The van der Waals surface area contributed by atoms with Gasteiger partial charge in [-0.1, -0.05) is 23.4 Å². The van der Waals surface area contributed by atoms with E-state index in [0.717, 1.165) is 38.4 Å². The van der Waals surface area contributed by atoms with E-state index in [1.807, 2.05) is 6.07 Å². The molecule has 3 fully saturated rings. The van der Waals surface area contributed by atoms with E-state index in [4.69, 9.17) is 26.8 Å². The highest BCUT2D eigenvalue weighted by Gasteiger charge is 2.47. The molecule has 0 unspecified atom stereocenters. The molecular weight excluding hydrogens is 542 g/mol. The van der Waals surface area contributed by atoms with Gasteiger partial charge in [0.15, 0.2) is 0 Å². The molecule has 2 aromatic heterocycles. The van der Waals surface area contributed by atoms with Crippen molar-refractivity contribution in [2.24, 2.45) is 11.1 Å². The van der Waals surface area contributed by atoms with Crippen molar-refractivity contribution in [1.29, 1.82) is 0 Å². The summed E-state index contributed by atoms with van der Waals surface area (Å²) in [6.07, 6.45) is 6.66. The van der Waals surface area contributed by atoms with Crippen LogP contribution in [0.25, 0.3) is 10.9 Å².